The molecule has 1 saturated heterocycles. The summed E-state index contributed by atoms with van der Waals surface area (Å²) < 4.78 is 24.6. The molecule has 1 aliphatic rings. The van der Waals surface area contributed by atoms with Gasteiger partial charge in [-0.1, -0.05) is 11.6 Å². The lowest BCUT2D eigenvalue weighted by atomic mass is 10.1. The van der Waals surface area contributed by atoms with Crippen LogP contribution >= 0.6 is 11.6 Å². The number of sulfonamides is 1. The van der Waals surface area contributed by atoms with Crippen LogP contribution < -0.4 is 11.1 Å². The third-order valence-corrected chi connectivity index (χ3v) is 4.88. The number of halogens is 1. The van der Waals surface area contributed by atoms with Gasteiger partial charge in [0.1, 0.15) is 5.82 Å². The van der Waals surface area contributed by atoms with Crippen molar-refractivity contribution >= 4 is 33.3 Å². The lowest BCUT2D eigenvalue weighted by Crippen LogP contribution is -2.44. The van der Waals surface area contributed by atoms with Crippen molar-refractivity contribution in [1.29, 1.82) is 0 Å². The molecule has 0 radical (unpaired) electrons. The van der Waals surface area contributed by atoms with Crippen molar-refractivity contribution < 1.29 is 13.2 Å². The summed E-state index contributed by atoms with van der Waals surface area (Å²) in [6.07, 6.45) is 4.12. The second kappa shape index (κ2) is 6.17. The van der Waals surface area contributed by atoms with Crippen LogP contribution in [0.25, 0.3) is 0 Å². The van der Waals surface area contributed by atoms with E-state index in [9.17, 15) is 13.2 Å². The molecule has 1 aromatic rings. The molecule has 2 rings (SSSR count). The van der Waals surface area contributed by atoms with Crippen LogP contribution in [0.1, 0.15) is 23.2 Å². The van der Waals surface area contributed by atoms with Crippen LogP contribution in [0.2, 0.25) is 5.02 Å². The molecule has 9 heteroatoms. The first-order valence-electron chi connectivity index (χ1n) is 6.44. The molecule has 1 amide bonds. The molecule has 2 heterocycles. The highest BCUT2D eigenvalue weighted by molar-refractivity contribution is 7.88. The van der Waals surface area contributed by atoms with Crippen molar-refractivity contribution in [3.63, 3.8) is 0 Å². The molecule has 3 N–H and O–H groups in total. The number of pyridine rings is 1. The molecule has 1 fully saturated rings. The quantitative estimate of drug-likeness (QED) is 0.843. The summed E-state index contributed by atoms with van der Waals surface area (Å²) in [7, 11) is -3.20. The molecule has 21 heavy (non-hydrogen) atoms. The minimum absolute atomic E-state index is 0.0714. The lowest BCUT2D eigenvalue weighted by molar-refractivity contribution is 0.1000. The highest BCUT2D eigenvalue weighted by Crippen LogP contribution is 2.23. The van der Waals surface area contributed by atoms with E-state index in [1.54, 1.807) is 0 Å². The van der Waals surface area contributed by atoms with Gasteiger partial charge in [0.05, 0.1) is 16.8 Å². The number of nitrogens with one attached hydrogen (secondary N) is 1. The van der Waals surface area contributed by atoms with Gasteiger partial charge in [0, 0.05) is 25.3 Å². The Morgan fingerprint density at radius 2 is 2.29 bits per heavy atom. The van der Waals surface area contributed by atoms with Gasteiger partial charge < -0.3 is 11.1 Å². The number of aromatic nitrogens is 1. The molecule has 0 saturated carbocycles. The number of amides is 1. The summed E-state index contributed by atoms with van der Waals surface area (Å²) in [5.41, 5.74) is 5.38. The zero-order valence-electron chi connectivity index (χ0n) is 11.5. The Labute approximate surface area is 128 Å². The number of carbonyl (C=O) groups is 1. The maximum absolute atomic E-state index is 11.6. The summed E-state index contributed by atoms with van der Waals surface area (Å²) in [4.78, 5) is 15.1. The van der Waals surface area contributed by atoms with E-state index in [4.69, 9.17) is 17.3 Å². The Kier molecular flexibility index (Phi) is 4.70. The highest BCUT2D eigenvalue weighted by atomic mass is 35.5. The number of primary amides is 1. The fraction of sp³-hybridized carbons (Fsp3) is 0.500. The fourth-order valence-electron chi connectivity index (χ4n) is 2.23. The van der Waals surface area contributed by atoms with Crippen LogP contribution in [-0.2, 0) is 10.0 Å². The minimum atomic E-state index is -3.20. The maximum Gasteiger partial charge on any atom is 0.250 e. The zero-order chi connectivity index (χ0) is 15.6. The van der Waals surface area contributed by atoms with Crippen molar-refractivity contribution in [2.75, 3.05) is 24.7 Å². The Morgan fingerprint density at radius 3 is 2.86 bits per heavy atom. The van der Waals surface area contributed by atoms with Gasteiger partial charge in [-0.25, -0.2) is 17.7 Å². The first-order valence-corrected chi connectivity index (χ1v) is 8.67. The van der Waals surface area contributed by atoms with Gasteiger partial charge in [0.25, 0.3) is 0 Å². The Bertz CT molecular complexity index is 650. The maximum atomic E-state index is 11.6. The van der Waals surface area contributed by atoms with Gasteiger partial charge in [-0.05, 0) is 18.9 Å². The molecule has 116 valence electrons. The van der Waals surface area contributed by atoms with Gasteiger partial charge in [-0.2, -0.15) is 0 Å². The van der Waals surface area contributed by atoms with E-state index in [1.807, 2.05) is 0 Å². The van der Waals surface area contributed by atoms with Crippen molar-refractivity contribution in [3.05, 3.63) is 22.8 Å². The van der Waals surface area contributed by atoms with E-state index < -0.39 is 15.9 Å². The van der Waals surface area contributed by atoms with Gasteiger partial charge in [0.2, 0.25) is 15.9 Å². The third kappa shape index (κ3) is 4.05. The number of nitrogens with two attached hydrogens (primary N) is 1. The molecule has 1 atom stereocenters. The predicted molar refractivity (Wildman–Crippen MR) is 80.8 cm³/mol. The van der Waals surface area contributed by atoms with E-state index in [1.165, 1.54) is 22.8 Å². The van der Waals surface area contributed by atoms with Crippen molar-refractivity contribution in [3.8, 4) is 0 Å². The largest absolute Gasteiger partial charge is 0.366 e. The van der Waals surface area contributed by atoms with Gasteiger partial charge in [-0.3, -0.25) is 4.79 Å². The lowest BCUT2D eigenvalue weighted by Gasteiger charge is -2.31. The second-order valence-corrected chi connectivity index (χ2v) is 7.41. The smallest absolute Gasteiger partial charge is 0.250 e. The van der Waals surface area contributed by atoms with E-state index in [0.29, 0.717) is 18.9 Å². The molecular weight excluding hydrogens is 316 g/mol. The van der Waals surface area contributed by atoms with Crippen LogP contribution in [0.5, 0.6) is 0 Å². The fourth-order valence-corrected chi connectivity index (χ4v) is 3.37. The first kappa shape index (κ1) is 16.0. The minimum Gasteiger partial charge on any atom is -0.366 e. The molecule has 1 aromatic heterocycles. The molecule has 0 bridgehead atoms. The number of hydrogen-bond donors (Lipinski definition) is 2. The normalized spacial score (nSPS) is 20.2. The molecule has 1 unspecified atom stereocenters. The molecule has 0 spiro atoms. The number of anilines is 1. The van der Waals surface area contributed by atoms with Crippen LogP contribution in [0.15, 0.2) is 12.3 Å². The van der Waals surface area contributed by atoms with Crippen molar-refractivity contribution in [2.45, 2.75) is 18.9 Å². The van der Waals surface area contributed by atoms with E-state index in [0.717, 1.165) is 12.8 Å². The summed E-state index contributed by atoms with van der Waals surface area (Å²) in [6.45, 7) is 0.896. The zero-order valence-corrected chi connectivity index (χ0v) is 13.1. The van der Waals surface area contributed by atoms with Gasteiger partial charge in [0.15, 0.2) is 0 Å². The monoisotopic (exact) mass is 332 g/mol. The number of nitrogens with zero attached hydrogens (tertiary/aromatic N) is 2. The molecule has 0 aromatic carbocycles. The molecule has 7 nitrogen and oxygen atoms in total. The molecular formula is C12H17ClN4O3S. The molecule has 0 aliphatic carbocycles. The second-order valence-electron chi connectivity index (χ2n) is 5.02. The van der Waals surface area contributed by atoms with E-state index >= 15 is 0 Å². The Morgan fingerprint density at radius 1 is 1.57 bits per heavy atom. The van der Waals surface area contributed by atoms with Gasteiger partial charge in [-0.15, -0.1) is 0 Å². The predicted octanol–water partition coefficient (Wildman–Crippen LogP) is 0.670. The Hall–Kier alpha value is -1.38. The number of carbonyl (C=O) groups excluding carboxylic acids is 1. The number of hydrogen-bond acceptors (Lipinski definition) is 5. The van der Waals surface area contributed by atoms with Crippen LogP contribution in [0.3, 0.4) is 0 Å². The van der Waals surface area contributed by atoms with E-state index in [-0.39, 0.29) is 16.6 Å². The summed E-state index contributed by atoms with van der Waals surface area (Å²) in [5.74, 6) is -0.182. The summed E-state index contributed by atoms with van der Waals surface area (Å²) in [6, 6.07) is 1.37. The summed E-state index contributed by atoms with van der Waals surface area (Å²) >= 11 is 6.05. The van der Waals surface area contributed by atoms with Crippen molar-refractivity contribution in [2.24, 2.45) is 5.73 Å². The first-order chi connectivity index (χ1) is 9.77. The SMILES string of the molecule is CS(=O)(=O)N1CCCC(Nc2ncc(C(N)=O)cc2Cl)C1. The molecule has 1 aliphatic heterocycles. The van der Waals surface area contributed by atoms with Crippen molar-refractivity contribution in [1.82, 2.24) is 9.29 Å². The van der Waals surface area contributed by atoms with Gasteiger partial charge >= 0.3 is 0 Å². The highest BCUT2D eigenvalue weighted by Gasteiger charge is 2.26. The average molecular weight is 333 g/mol. The van der Waals surface area contributed by atoms with Crippen LogP contribution in [0, 0.1) is 0 Å². The number of piperidine rings is 1. The number of rotatable bonds is 4. The average Bonchev–Trinajstić information content (AvgIpc) is 2.40. The topological polar surface area (TPSA) is 105 Å². The van der Waals surface area contributed by atoms with E-state index in [2.05, 4.69) is 10.3 Å². The van der Waals surface area contributed by atoms with Crippen LogP contribution in [0.4, 0.5) is 5.82 Å². The Balaban J connectivity index is 2.09. The van der Waals surface area contributed by atoms with Crippen LogP contribution in [-0.4, -0.2) is 49.0 Å². The standard InChI is InChI=1S/C12H17ClN4O3S/c1-21(19,20)17-4-2-3-9(7-17)16-12-10(13)5-8(6-15-12)11(14)18/h5-6,9H,2-4,7H2,1H3,(H2,14,18)(H,15,16). The third-order valence-electron chi connectivity index (χ3n) is 3.32. The summed E-state index contributed by atoms with van der Waals surface area (Å²) in [5, 5.41) is 3.40.